The number of ketones is 1. The van der Waals surface area contributed by atoms with Crippen LogP contribution in [-0.4, -0.2) is 29.5 Å². The lowest BCUT2D eigenvalue weighted by molar-refractivity contribution is -0.274. The molecule has 0 bridgehead atoms. The average Bonchev–Trinajstić information content (AvgIpc) is 2.36. The second-order valence-corrected chi connectivity index (χ2v) is 4.47. The minimum absolute atomic E-state index is 0.0643. The van der Waals surface area contributed by atoms with Gasteiger partial charge in [0.25, 0.3) is 0 Å². The number of hydrogen-bond acceptors (Lipinski definition) is 4. The molecule has 0 radical (unpaired) electrons. The molecule has 0 aliphatic rings. The van der Waals surface area contributed by atoms with E-state index in [-0.39, 0.29) is 12.2 Å². The van der Waals surface area contributed by atoms with Gasteiger partial charge in [0.05, 0.1) is 6.61 Å². The zero-order valence-corrected chi connectivity index (χ0v) is 11.8. The first-order chi connectivity index (χ1) is 9.24. The van der Waals surface area contributed by atoms with Crippen LogP contribution in [0.15, 0.2) is 24.3 Å². The molecule has 0 heterocycles. The highest BCUT2D eigenvalue weighted by Gasteiger charge is 2.31. The molecule has 8 heteroatoms. The quantitative estimate of drug-likeness (QED) is 0.353. The predicted octanol–water partition coefficient (Wildman–Crippen LogP) is 3.09. The molecule has 4 nitrogen and oxygen atoms in total. The zero-order valence-electron chi connectivity index (χ0n) is 10.2. The summed E-state index contributed by atoms with van der Waals surface area (Å²) in [4.78, 5) is 22.0. The molecule has 0 saturated carbocycles. The molecule has 1 aromatic carbocycles. The summed E-state index contributed by atoms with van der Waals surface area (Å²) in [6.07, 6.45) is -4.80. The van der Waals surface area contributed by atoms with E-state index >= 15 is 0 Å². The van der Waals surface area contributed by atoms with Crippen molar-refractivity contribution in [2.45, 2.75) is 18.1 Å². The summed E-state index contributed by atoms with van der Waals surface area (Å²) in [6.45, 7) is 1.71. The van der Waals surface area contributed by atoms with Gasteiger partial charge in [0.2, 0.25) is 0 Å². The Bertz CT molecular complexity index is 484. The van der Waals surface area contributed by atoms with Gasteiger partial charge in [-0.1, -0.05) is 15.9 Å². The molecule has 1 atom stereocenters. The first kappa shape index (κ1) is 16.5. The fourth-order valence-electron chi connectivity index (χ4n) is 1.29. The number of alkyl halides is 4. The van der Waals surface area contributed by atoms with Gasteiger partial charge in [-0.15, -0.1) is 13.2 Å². The molecule has 20 heavy (non-hydrogen) atoms. The molecule has 1 aromatic rings. The van der Waals surface area contributed by atoms with Gasteiger partial charge in [-0.25, -0.2) is 0 Å². The second-order valence-electron chi connectivity index (χ2n) is 3.55. The Hall–Kier alpha value is -1.57. The third-order valence-corrected chi connectivity index (χ3v) is 2.89. The van der Waals surface area contributed by atoms with Crippen molar-refractivity contribution in [2.75, 3.05) is 6.61 Å². The van der Waals surface area contributed by atoms with E-state index in [4.69, 9.17) is 0 Å². The number of hydrogen-bond donors (Lipinski definition) is 0. The van der Waals surface area contributed by atoms with Gasteiger partial charge < -0.3 is 9.47 Å². The van der Waals surface area contributed by atoms with Crippen molar-refractivity contribution in [1.29, 1.82) is 0 Å². The lowest BCUT2D eigenvalue weighted by Gasteiger charge is -2.10. The van der Waals surface area contributed by atoms with Crippen LogP contribution in [0.25, 0.3) is 0 Å². The zero-order chi connectivity index (χ0) is 15.3. The lowest BCUT2D eigenvalue weighted by Crippen LogP contribution is -2.26. The molecule has 0 aliphatic heterocycles. The van der Waals surface area contributed by atoms with Crippen molar-refractivity contribution >= 4 is 27.7 Å². The van der Waals surface area contributed by atoms with Crippen LogP contribution in [0.2, 0.25) is 0 Å². The molecule has 0 spiro atoms. The Morgan fingerprint density at radius 1 is 1.25 bits per heavy atom. The average molecular weight is 355 g/mol. The number of ether oxygens (including phenoxy) is 2. The number of benzene rings is 1. The van der Waals surface area contributed by atoms with E-state index in [1.165, 1.54) is 0 Å². The van der Waals surface area contributed by atoms with E-state index < -0.39 is 28.7 Å². The van der Waals surface area contributed by atoms with Crippen molar-refractivity contribution in [3.8, 4) is 5.75 Å². The number of Topliss-reactive ketones (excluding diaryl/α,β-unsaturated/α-hetero) is 1. The monoisotopic (exact) mass is 354 g/mol. The molecule has 0 amide bonds. The van der Waals surface area contributed by atoms with Gasteiger partial charge in [-0.05, 0) is 31.2 Å². The standard InChI is InChI=1S/C12H10BrF3O4/c1-2-19-11(18)9(13)10(17)7-3-5-8(6-4-7)20-12(14,15)16/h3-6,9H,2H2,1H3/t9-/m1/s1. The molecular weight excluding hydrogens is 345 g/mol. The van der Waals surface area contributed by atoms with Crippen LogP contribution in [0.4, 0.5) is 13.2 Å². The fraction of sp³-hybridized carbons (Fsp3) is 0.333. The Labute approximate surface area is 121 Å². The topological polar surface area (TPSA) is 52.6 Å². The molecular formula is C12H10BrF3O4. The van der Waals surface area contributed by atoms with Crippen molar-refractivity contribution in [1.82, 2.24) is 0 Å². The smallest absolute Gasteiger partial charge is 0.465 e. The molecule has 1 rings (SSSR count). The van der Waals surface area contributed by atoms with E-state index in [9.17, 15) is 22.8 Å². The molecule has 0 saturated heterocycles. The normalized spacial score (nSPS) is 12.7. The SMILES string of the molecule is CCOC(=O)[C@H](Br)C(=O)c1ccc(OC(F)(F)F)cc1. The summed E-state index contributed by atoms with van der Waals surface area (Å²) in [5.74, 6) is -1.81. The summed E-state index contributed by atoms with van der Waals surface area (Å²) >= 11 is 2.88. The van der Waals surface area contributed by atoms with E-state index in [0.717, 1.165) is 24.3 Å². The minimum atomic E-state index is -4.80. The number of halogens is 4. The summed E-state index contributed by atoms with van der Waals surface area (Å²) in [5, 5.41) is 0. The second kappa shape index (κ2) is 6.74. The van der Waals surface area contributed by atoms with Crippen LogP contribution in [0.5, 0.6) is 5.75 Å². The summed E-state index contributed by atoms with van der Waals surface area (Å²) < 4.78 is 44.2. The van der Waals surface area contributed by atoms with Gasteiger partial charge >= 0.3 is 12.3 Å². The lowest BCUT2D eigenvalue weighted by atomic mass is 10.1. The maximum Gasteiger partial charge on any atom is 0.573 e. The van der Waals surface area contributed by atoms with E-state index in [2.05, 4.69) is 25.4 Å². The highest BCUT2D eigenvalue weighted by atomic mass is 79.9. The van der Waals surface area contributed by atoms with Crippen molar-refractivity contribution in [3.63, 3.8) is 0 Å². The van der Waals surface area contributed by atoms with Crippen LogP contribution in [0.1, 0.15) is 17.3 Å². The van der Waals surface area contributed by atoms with E-state index in [0.29, 0.717) is 0 Å². The highest BCUT2D eigenvalue weighted by Crippen LogP contribution is 2.23. The number of rotatable bonds is 5. The van der Waals surface area contributed by atoms with Crippen LogP contribution in [0, 0.1) is 0 Å². The minimum Gasteiger partial charge on any atom is -0.465 e. The Morgan fingerprint density at radius 3 is 2.25 bits per heavy atom. The Balaban J connectivity index is 2.78. The fourth-order valence-corrected chi connectivity index (χ4v) is 1.69. The van der Waals surface area contributed by atoms with E-state index in [1.807, 2.05) is 0 Å². The maximum atomic E-state index is 12.0. The number of esters is 1. The third-order valence-electron chi connectivity index (χ3n) is 2.10. The van der Waals surface area contributed by atoms with Crippen LogP contribution < -0.4 is 4.74 Å². The van der Waals surface area contributed by atoms with Crippen LogP contribution in [-0.2, 0) is 9.53 Å². The summed E-state index contributed by atoms with van der Waals surface area (Å²) in [5.41, 5.74) is 0.0643. The molecule has 0 N–H and O–H groups in total. The van der Waals surface area contributed by atoms with Crippen LogP contribution in [0.3, 0.4) is 0 Å². The van der Waals surface area contributed by atoms with Gasteiger partial charge in [-0.2, -0.15) is 0 Å². The molecule has 0 aromatic heterocycles. The van der Waals surface area contributed by atoms with Gasteiger partial charge in [0.1, 0.15) is 5.75 Å². The Kier molecular flexibility index (Phi) is 5.55. The number of carbonyl (C=O) groups excluding carboxylic acids is 2. The first-order valence-corrected chi connectivity index (χ1v) is 6.37. The maximum absolute atomic E-state index is 12.0. The molecule has 0 aliphatic carbocycles. The van der Waals surface area contributed by atoms with E-state index in [1.54, 1.807) is 6.92 Å². The van der Waals surface area contributed by atoms with Crippen LogP contribution >= 0.6 is 15.9 Å². The van der Waals surface area contributed by atoms with Crippen molar-refractivity contribution in [3.05, 3.63) is 29.8 Å². The first-order valence-electron chi connectivity index (χ1n) is 5.45. The van der Waals surface area contributed by atoms with Gasteiger partial charge in [0, 0.05) is 5.56 Å². The Morgan fingerprint density at radius 2 is 1.80 bits per heavy atom. The molecule has 110 valence electrons. The van der Waals surface area contributed by atoms with Gasteiger partial charge in [-0.3, -0.25) is 9.59 Å². The summed E-state index contributed by atoms with van der Waals surface area (Å²) in [7, 11) is 0. The predicted molar refractivity (Wildman–Crippen MR) is 66.8 cm³/mol. The largest absolute Gasteiger partial charge is 0.573 e. The summed E-state index contributed by atoms with van der Waals surface area (Å²) in [6, 6.07) is 4.25. The molecule has 0 unspecified atom stereocenters. The molecule has 0 fully saturated rings. The van der Waals surface area contributed by atoms with Crippen molar-refractivity contribution < 1.29 is 32.2 Å². The number of carbonyl (C=O) groups is 2. The third kappa shape index (κ3) is 4.84. The van der Waals surface area contributed by atoms with Gasteiger partial charge in [0.15, 0.2) is 10.6 Å². The van der Waals surface area contributed by atoms with Crippen molar-refractivity contribution in [2.24, 2.45) is 0 Å². The highest BCUT2D eigenvalue weighted by molar-refractivity contribution is 9.10.